The fraction of sp³-hybridized carbons (Fsp3) is 0.286. The molecule has 0 radical (unpaired) electrons. The second-order valence-corrected chi connectivity index (χ2v) is 4.11. The van der Waals surface area contributed by atoms with Gasteiger partial charge in [-0.2, -0.15) is 0 Å². The summed E-state index contributed by atoms with van der Waals surface area (Å²) >= 11 is 0. The highest BCUT2D eigenvalue weighted by Crippen LogP contribution is 2.30. The van der Waals surface area contributed by atoms with Gasteiger partial charge in [-0.25, -0.2) is 9.79 Å². The summed E-state index contributed by atoms with van der Waals surface area (Å²) in [5.74, 6) is 1.26. The van der Waals surface area contributed by atoms with Gasteiger partial charge in [0.2, 0.25) is 0 Å². The quantitative estimate of drug-likeness (QED) is 0.619. The van der Waals surface area contributed by atoms with E-state index in [0.717, 1.165) is 16.9 Å². The summed E-state index contributed by atoms with van der Waals surface area (Å²) in [6.07, 6.45) is 1.62. The number of nitrogens with zero attached hydrogens (tertiary/aromatic N) is 1. The number of aryl methyl sites for hydroxylation is 1. The Labute approximate surface area is 111 Å². The normalized spacial score (nSPS) is 16.3. The number of carbonyl (C=O) groups excluding carboxylic acids is 1. The summed E-state index contributed by atoms with van der Waals surface area (Å²) in [6.45, 7) is 3.55. The highest BCUT2D eigenvalue weighted by Gasteiger charge is 2.20. The van der Waals surface area contributed by atoms with Crippen molar-refractivity contribution < 1.29 is 19.0 Å². The maximum atomic E-state index is 11.5. The molecule has 0 N–H and O–H groups in total. The maximum absolute atomic E-state index is 11.5. The summed E-state index contributed by atoms with van der Waals surface area (Å²) < 4.78 is 15.4. The summed E-state index contributed by atoms with van der Waals surface area (Å²) in [7, 11) is 3.17. The molecule has 19 heavy (non-hydrogen) atoms. The number of hydrogen-bond donors (Lipinski definition) is 0. The molecular formula is C14H15NO4. The summed E-state index contributed by atoms with van der Waals surface area (Å²) in [5, 5.41) is 0. The van der Waals surface area contributed by atoms with Crippen LogP contribution in [0.3, 0.4) is 0 Å². The third-order valence-electron chi connectivity index (χ3n) is 2.77. The molecule has 5 heteroatoms. The van der Waals surface area contributed by atoms with Gasteiger partial charge < -0.3 is 14.2 Å². The van der Waals surface area contributed by atoms with Crippen molar-refractivity contribution in [3.8, 4) is 11.5 Å². The van der Waals surface area contributed by atoms with Gasteiger partial charge in [-0.15, -0.1) is 0 Å². The fourth-order valence-corrected chi connectivity index (χ4v) is 1.85. The molecule has 1 aromatic carbocycles. The van der Waals surface area contributed by atoms with Crippen LogP contribution in [0.15, 0.2) is 22.8 Å². The lowest BCUT2D eigenvalue weighted by Crippen LogP contribution is -2.00. The molecule has 1 aromatic rings. The lowest BCUT2D eigenvalue weighted by molar-refractivity contribution is -0.130. The van der Waals surface area contributed by atoms with Crippen molar-refractivity contribution in [2.75, 3.05) is 14.2 Å². The Morgan fingerprint density at radius 2 is 1.84 bits per heavy atom. The van der Waals surface area contributed by atoms with Gasteiger partial charge in [0.1, 0.15) is 11.5 Å². The van der Waals surface area contributed by atoms with E-state index in [0.29, 0.717) is 11.6 Å². The van der Waals surface area contributed by atoms with Crippen molar-refractivity contribution in [2.24, 2.45) is 4.99 Å². The van der Waals surface area contributed by atoms with Crippen molar-refractivity contribution in [3.63, 3.8) is 0 Å². The number of esters is 1. The van der Waals surface area contributed by atoms with Gasteiger partial charge in [-0.1, -0.05) is 0 Å². The van der Waals surface area contributed by atoms with E-state index in [4.69, 9.17) is 14.2 Å². The summed E-state index contributed by atoms with van der Waals surface area (Å²) in [4.78, 5) is 15.6. The lowest BCUT2D eigenvalue weighted by atomic mass is 10.1. The minimum absolute atomic E-state index is 0.252. The van der Waals surface area contributed by atoms with E-state index in [1.165, 1.54) is 0 Å². The molecular weight excluding hydrogens is 246 g/mol. The predicted octanol–water partition coefficient (Wildman–Crippen LogP) is 2.33. The predicted molar refractivity (Wildman–Crippen MR) is 71.5 cm³/mol. The zero-order valence-corrected chi connectivity index (χ0v) is 11.3. The molecule has 1 aliphatic rings. The topological polar surface area (TPSA) is 57.1 Å². The first-order valence-electron chi connectivity index (χ1n) is 5.77. The zero-order valence-electron chi connectivity index (χ0n) is 11.3. The highest BCUT2D eigenvalue weighted by atomic mass is 16.6. The van der Waals surface area contributed by atoms with E-state index >= 15 is 0 Å². The van der Waals surface area contributed by atoms with E-state index in [1.54, 1.807) is 33.3 Å². The van der Waals surface area contributed by atoms with Crippen molar-refractivity contribution in [1.29, 1.82) is 0 Å². The zero-order chi connectivity index (χ0) is 14.0. The lowest BCUT2D eigenvalue weighted by Gasteiger charge is -2.10. The van der Waals surface area contributed by atoms with E-state index in [2.05, 4.69) is 4.99 Å². The molecule has 5 nitrogen and oxygen atoms in total. The molecule has 0 unspecified atom stereocenters. The fourth-order valence-electron chi connectivity index (χ4n) is 1.85. The van der Waals surface area contributed by atoms with Crippen LogP contribution >= 0.6 is 0 Å². The van der Waals surface area contributed by atoms with E-state index < -0.39 is 5.97 Å². The van der Waals surface area contributed by atoms with Crippen LogP contribution < -0.4 is 9.47 Å². The second kappa shape index (κ2) is 5.14. The van der Waals surface area contributed by atoms with E-state index in [-0.39, 0.29) is 5.70 Å². The number of carbonyl (C=O) groups is 1. The largest absolute Gasteiger partial charge is 0.496 e. The SMILES string of the molecule is COc1cc(/C=C2/N=C(C)OC2=O)c(OC)cc1C. The number of aliphatic imine (C=N–C) groups is 1. The number of cyclic esters (lactones) is 1. The smallest absolute Gasteiger partial charge is 0.363 e. The van der Waals surface area contributed by atoms with Gasteiger partial charge in [0.25, 0.3) is 0 Å². The Hall–Kier alpha value is -2.30. The van der Waals surface area contributed by atoms with Crippen LogP contribution in [0, 0.1) is 6.92 Å². The van der Waals surface area contributed by atoms with E-state index in [1.807, 2.05) is 13.0 Å². The van der Waals surface area contributed by atoms with Crippen LogP contribution in [0.2, 0.25) is 0 Å². The minimum Gasteiger partial charge on any atom is -0.496 e. The molecule has 2 rings (SSSR count). The second-order valence-electron chi connectivity index (χ2n) is 4.11. The molecule has 1 heterocycles. The Morgan fingerprint density at radius 1 is 1.16 bits per heavy atom. The standard InChI is InChI=1S/C14H15NO4/c1-8-5-13(18-4)10(7-12(8)17-3)6-11-14(16)19-9(2)15-11/h5-7H,1-4H3/b11-6+. The first-order valence-corrected chi connectivity index (χ1v) is 5.77. The molecule has 100 valence electrons. The van der Waals surface area contributed by atoms with Gasteiger partial charge in [-0.3, -0.25) is 0 Å². The van der Waals surface area contributed by atoms with Crippen LogP contribution in [-0.4, -0.2) is 26.1 Å². The third kappa shape index (κ3) is 2.59. The number of benzene rings is 1. The van der Waals surface area contributed by atoms with Crippen LogP contribution in [0.5, 0.6) is 11.5 Å². The third-order valence-corrected chi connectivity index (χ3v) is 2.77. The minimum atomic E-state index is -0.459. The van der Waals surface area contributed by atoms with Crippen molar-refractivity contribution in [1.82, 2.24) is 0 Å². The molecule has 0 saturated carbocycles. The Morgan fingerprint density at radius 3 is 2.37 bits per heavy atom. The Balaban J connectivity index is 2.50. The van der Waals surface area contributed by atoms with Crippen LogP contribution in [-0.2, 0) is 9.53 Å². The number of rotatable bonds is 3. The van der Waals surface area contributed by atoms with Gasteiger partial charge >= 0.3 is 5.97 Å². The molecule has 0 spiro atoms. The van der Waals surface area contributed by atoms with Crippen molar-refractivity contribution in [2.45, 2.75) is 13.8 Å². The molecule has 0 saturated heterocycles. The molecule has 0 fully saturated rings. The van der Waals surface area contributed by atoms with Crippen molar-refractivity contribution in [3.05, 3.63) is 29.0 Å². The molecule has 1 aliphatic heterocycles. The maximum Gasteiger partial charge on any atom is 0.363 e. The number of methoxy groups -OCH3 is 2. The Kier molecular flexibility index (Phi) is 3.55. The van der Waals surface area contributed by atoms with E-state index in [9.17, 15) is 4.79 Å². The summed E-state index contributed by atoms with van der Waals surface area (Å²) in [6, 6.07) is 3.65. The first kappa shape index (κ1) is 13.1. The average Bonchev–Trinajstić information content (AvgIpc) is 2.69. The molecule has 0 atom stereocenters. The van der Waals surface area contributed by atoms with Crippen LogP contribution in [0.1, 0.15) is 18.1 Å². The van der Waals surface area contributed by atoms with Crippen LogP contribution in [0.25, 0.3) is 6.08 Å². The van der Waals surface area contributed by atoms with Crippen LogP contribution in [0.4, 0.5) is 0 Å². The number of ether oxygens (including phenoxy) is 3. The molecule has 0 bridgehead atoms. The Bertz CT molecular complexity index is 587. The molecule has 0 aromatic heterocycles. The van der Waals surface area contributed by atoms with Gasteiger partial charge in [-0.05, 0) is 30.7 Å². The monoisotopic (exact) mass is 261 g/mol. The summed E-state index contributed by atoms with van der Waals surface area (Å²) in [5.41, 5.74) is 1.92. The molecule has 0 aliphatic carbocycles. The van der Waals surface area contributed by atoms with Gasteiger partial charge in [0.05, 0.1) is 14.2 Å². The highest BCUT2D eigenvalue weighted by molar-refractivity contribution is 6.06. The molecule has 0 amide bonds. The average molecular weight is 261 g/mol. The van der Waals surface area contributed by atoms with Gasteiger partial charge in [0, 0.05) is 12.5 Å². The first-order chi connectivity index (χ1) is 9.05. The van der Waals surface area contributed by atoms with Gasteiger partial charge in [0.15, 0.2) is 11.6 Å². The number of hydrogen-bond acceptors (Lipinski definition) is 5. The van der Waals surface area contributed by atoms with Crippen molar-refractivity contribution >= 4 is 17.9 Å².